The van der Waals surface area contributed by atoms with Crippen molar-refractivity contribution in [2.24, 2.45) is 0 Å². The number of benzene rings is 1. The summed E-state index contributed by atoms with van der Waals surface area (Å²) in [6.07, 6.45) is 1.61. The molecule has 2 unspecified atom stereocenters. The molecule has 0 aromatic heterocycles. The molecule has 0 saturated carbocycles. The zero-order chi connectivity index (χ0) is 16.8. The first-order valence-electron chi connectivity index (χ1n) is 8.41. The van der Waals surface area contributed by atoms with Gasteiger partial charge in [-0.3, -0.25) is 0 Å². The van der Waals surface area contributed by atoms with Gasteiger partial charge in [0.05, 0.1) is 18.8 Å². The summed E-state index contributed by atoms with van der Waals surface area (Å²) in [7, 11) is 0. The Morgan fingerprint density at radius 1 is 1.05 bits per heavy atom. The summed E-state index contributed by atoms with van der Waals surface area (Å²) in [5.41, 5.74) is 2.38. The minimum atomic E-state index is -0.649. The second kappa shape index (κ2) is 8.54. The Kier molecular flexibility index (Phi) is 7.37. The Morgan fingerprint density at radius 2 is 1.68 bits per heavy atom. The van der Waals surface area contributed by atoms with Gasteiger partial charge in [0.15, 0.2) is 0 Å². The number of aliphatic hydroxyl groups is 2. The highest BCUT2D eigenvalue weighted by atomic mass is 16.5. The van der Waals surface area contributed by atoms with E-state index in [4.69, 9.17) is 4.74 Å². The SMILES string of the molecule is CCCC(O)C(O)CCc1ccc(OCC)c(C(C)(C)C)c1. The van der Waals surface area contributed by atoms with Gasteiger partial charge < -0.3 is 14.9 Å². The lowest BCUT2D eigenvalue weighted by Gasteiger charge is -2.24. The molecule has 0 aliphatic heterocycles. The van der Waals surface area contributed by atoms with Crippen LogP contribution in [0.2, 0.25) is 0 Å². The van der Waals surface area contributed by atoms with Gasteiger partial charge in [-0.05, 0) is 48.8 Å². The summed E-state index contributed by atoms with van der Waals surface area (Å²) in [6.45, 7) is 11.2. The Hall–Kier alpha value is -1.06. The van der Waals surface area contributed by atoms with Crippen LogP contribution in [0.5, 0.6) is 5.75 Å². The van der Waals surface area contributed by atoms with E-state index in [0.29, 0.717) is 19.4 Å². The van der Waals surface area contributed by atoms with E-state index in [0.717, 1.165) is 18.6 Å². The van der Waals surface area contributed by atoms with Crippen LogP contribution in [0.1, 0.15) is 65.0 Å². The van der Waals surface area contributed by atoms with Crippen molar-refractivity contribution in [3.8, 4) is 5.75 Å². The molecule has 0 spiro atoms. The predicted octanol–water partition coefficient (Wildman–Crippen LogP) is 3.84. The Balaban J connectivity index is 2.80. The van der Waals surface area contributed by atoms with Gasteiger partial charge in [0.1, 0.15) is 5.75 Å². The molecule has 0 saturated heterocycles. The molecule has 0 amide bonds. The number of ether oxygens (including phenoxy) is 1. The summed E-state index contributed by atoms with van der Waals surface area (Å²) in [5, 5.41) is 19.8. The molecule has 0 bridgehead atoms. The predicted molar refractivity (Wildman–Crippen MR) is 91.6 cm³/mol. The smallest absolute Gasteiger partial charge is 0.123 e. The number of aliphatic hydroxyl groups excluding tert-OH is 2. The van der Waals surface area contributed by atoms with Crippen molar-refractivity contribution >= 4 is 0 Å². The van der Waals surface area contributed by atoms with E-state index in [1.54, 1.807) is 0 Å². The molecule has 0 aliphatic carbocycles. The molecule has 2 N–H and O–H groups in total. The minimum absolute atomic E-state index is 0.0147. The molecule has 22 heavy (non-hydrogen) atoms. The fourth-order valence-electron chi connectivity index (χ4n) is 2.60. The van der Waals surface area contributed by atoms with Crippen LogP contribution in [0, 0.1) is 0 Å². The van der Waals surface area contributed by atoms with Gasteiger partial charge in [-0.15, -0.1) is 0 Å². The van der Waals surface area contributed by atoms with E-state index in [1.165, 1.54) is 11.1 Å². The Morgan fingerprint density at radius 3 is 2.23 bits per heavy atom. The molecule has 1 aromatic rings. The van der Waals surface area contributed by atoms with Crippen LogP contribution in [0.15, 0.2) is 18.2 Å². The molecule has 0 radical (unpaired) electrons. The number of hydrogen-bond acceptors (Lipinski definition) is 3. The number of hydrogen-bond donors (Lipinski definition) is 2. The van der Waals surface area contributed by atoms with E-state index in [9.17, 15) is 10.2 Å². The first kappa shape index (κ1) is 19.0. The lowest BCUT2D eigenvalue weighted by Crippen LogP contribution is -2.26. The number of aryl methyl sites for hydroxylation is 1. The summed E-state index contributed by atoms with van der Waals surface area (Å²) >= 11 is 0. The van der Waals surface area contributed by atoms with Crippen LogP contribution in [-0.2, 0) is 11.8 Å². The maximum Gasteiger partial charge on any atom is 0.123 e. The lowest BCUT2D eigenvalue weighted by atomic mass is 9.84. The maximum atomic E-state index is 10.0. The molecule has 0 aliphatic rings. The normalized spacial score (nSPS) is 14.7. The third kappa shape index (κ3) is 5.62. The zero-order valence-corrected chi connectivity index (χ0v) is 14.7. The van der Waals surface area contributed by atoms with Crippen molar-refractivity contribution in [2.75, 3.05) is 6.61 Å². The van der Waals surface area contributed by atoms with E-state index < -0.39 is 12.2 Å². The van der Waals surface area contributed by atoms with Crippen LogP contribution >= 0.6 is 0 Å². The standard InChI is InChI=1S/C19H32O3/c1-6-8-16(20)17(21)11-9-14-10-12-18(22-7-2)15(13-14)19(3,4)5/h10,12-13,16-17,20-21H,6-9,11H2,1-5H3. The average molecular weight is 308 g/mol. The van der Waals surface area contributed by atoms with Crippen LogP contribution in [0.4, 0.5) is 0 Å². The van der Waals surface area contributed by atoms with Crippen molar-refractivity contribution in [1.29, 1.82) is 0 Å². The third-order valence-electron chi connectivity index (χ3n) is 3.91. The van der Waals surface area contributed by atoms with Crippen LogP contribution < -0.4 is 4.74 Å². The molecule has 0 fully saturated rings. The summed E-state index contributed by atoms with van der Waals surface area (Å²) in [5.74, 6) is 0.935. The summed E-state index contributed by atoms with van der Waals surface area (Å²) < 4.78 is 5.72. The Labute approximate surface area is 135 Å². The lowest BCUT2D eigenvalue weighted by molar-refractivity contribution is 0.00980. The van der Waals surface area contributed by atoms with E-state index in [2.05, 4.69) is 32.9 Å². The van der Waals surface area contributed by atoms with Gasteiger partial charge in [-0.2, -0.15) is 0 Å². The molecule has 126 valence electrons. The monoisotopic (exact) mass is 308 g/mol. The highest BCUT2D eigenvalue weighted by Gasteiger charge is 2.20. The quantitative estimate of drug-likeness (QED) is 0.767. The molecule has 0 heterocycles. The van der Waals surface area contributed by atoms with E-state index in [-0.39, 0.29) is 5.41 Å². The Bertz CT molecular complexity index is 448. The molecular weight excluding hydrogens is 276 g/mol. The van der Waals surface area contributed by atoms with Crippen LogP contribution in [-0.4, -0.2) is 29.0 Å². The van der Waals surface area contributed by atoms with Crippen molar-refractivity contribution in [2.45, 2.75) is 77.9 Å². The highest BCUT2D eigenvalue weighted by molar-refractivity contribution is 5.41. The van der Waals surface area contributed by atoms with Gasteiger partial charge >= 0.3 is 0 Å². The maximum absolute atomic E-state index is 10.0. The van der Waals surface area contributed by atoms with Gasteiger partial charge in [0.2, 0.25) is 0 Å². The molecule has 1 aromatic carbocycles. The van der Waals surface area contributed by atoms with Gasteiger partial charge in [0.25, 0.3) is 0 Å². The molecular formula is C19H32O3. The van der Waals surface area contributed by atoms with E-state index in [1.807, 2.05) is 19.9 Å². The summed E-state index contributed by atoms with van der Waals surface area (Å²) in [6, 6.07) is 6.25. The van der Waals surface area contributed by atoms with Crippen molar-refractivity contribution in [3.05, 3.63) is 29.3 Å². The largest absolute Gasteiger partial charge is 0.494 e. The third-order valence-corrected chi connectivity index (χ3v) is 3.91. The van der Waals surface area contributed by atoms with Gasteiger partial charge in [-0.25, -0.2) is 0 Å². The number of rotatable bonds is 8. The first-order valence-corrected chi connectivity index (χ1v) is 8.41. The van der Waals surface area contributed by atoms with Gasteiger partial charge in [-0.1, -0.05) is 46.2 Å². The van der Waals surface area contributed by atoms with Crippen LogP contribution in [0.25, 0.3) is 0 Å². The molecule has 3 heteroatoms. The minimum Gasteiger partial charge on any atom is -0.494 e. The second-order valence-electron chi connectivity index (χ2n) is 6.98. The van der Waals surface area contributed by atoms with Crippen molar-refractivity contribution in [1.82, 2.24) is 0 Å². The highest BCUT2D eigenvalue weighted by Crippen LogP contribution is 2.32. The first-order chi connectivity index (χ1) is 10.3. The second-order valence-corrected chi connectivity index (χ2v) is 6.98. The summed E-state index contributed by atoms with van der Waals surface area (Å²) in [4.78, 5) is 0. The molecule has 1 rings (SSSR count). The molecule has 2 atom stereocenters. The average Bonchev–Trinajstić information content (AvgIpc) is 2.45. The van der Waals surface area contributed by atoms with Crippen LogP contribution in [0.3, 0.4) is 0 Å². The fraction of sp³-hybridized carbons (Fsp3) is 0.684. The van der Waals surface area contributed by atoms with Crippen molar-refractivity contribution < 1.29 is 14.9 Å². The zero-order valence-electron chi connectivity index (χ0n) is 14.7. The topological polar surface area (TPSA) is 49.7 Å². The molecule has 3 nitrogen and oxygen atoms in total. The van der Waals surface area contributed by atoms with Gasteiger partial charge in [0, 0.05) is 0 Å². The van der Waals surface area contributed by atoms with Crippen molar-refractivity contribution in [3.63, 3.8) is 0 Å². The fourth-order valence-corrected chi connectivity index (χ4v) is 2.60. The van der Waals surface area contributed by atoms with E-state index >= 15 is 0 Å².